The summed E-state index contributed by atoms with van der Waals surface area (Å²) in [6.45, 7) is 3.85. The van der Waals surface area contributed by atoms with Crippen LogP contribution in [0.3, 0.4) is 0 Å². The van der Waals surface area contributed by atoms with Crippen molar-refractivity contribution in [3.63, 3.8) is 0 Å². The van der Waals surface area contributed by atoms with Crippen LogP contribution >= 0.6 is 166 Å². The summed E-state index contributed by atoms with van der Waals surface area (Å²) < 4.78 is 62.9. The van der Waals surface area contributed by atoms with Gasteiger partial charge in [-0.15, -0.1) is 70.5 Å². The molecule has 0 saturated carbocycles. The summed E-state index contributed by atoms with van der Waals surface area (Å²) in [5, 5.41) is 45.6. The average Bonchev–Trinajstić information content (AvgIpc) is 1.60. The summed E-state index contributed by atoms with van der Waals surface area (Å²) in [6.07, 6.45) is 0. The fourth-order valence-corrected chi connectivity index (χ4v) is 15.6. The average molecular weight is 2200 g/mol. The van der Waals surface area contributed by atoms with Crippen LogP contribution < -0.4 is 113 Å². The zero-order chi connectivity index (χ0) is 78.4. The molecule has 114 heavy (non-hydrogen) atoms. The van der Waals surface area contributed by atoms with Crippen molar-refractivity contribution in [1.29, 1.82) is 0 Å². The van der Waals surface area contributed by atoms with Gasteiger partial charge in [0.2, 0.25) is 0 Å². The van der Waals surface area contributed by atoms with Crippen molar-refractivity contribution < 1.29 is 152 Å². The third-order valence-corrected chi connectivity index (χ3v) is 20.5. The monoisotopic (exact) mass is 2190 g/mol. The Morgan fingerprint density at radius 3 is 1.22 bits per heavy atom. The number of benzene rings is 16. The van der Waals surface area contributed by atoms with Gasteiger partial charge in [-0.25, -0.2) is 13.2 Å². The van der Waals surface area contributed by atoms with Gasteiger partial charge in [-0.05, 0) is 158 Å². The van der Waals surface area contributed by atoms with Gasteiger partial charge in [0.05, 0.1) is 8.91 Å². The maximum Gasteiger partial charge on any atom is 1.00 e. The van der Waals surface area contributed by atoms with Gasteiger partial charge in [-0.3, -0.25) is 9.54 Å². The number of nitrogens with zero attached hydrogens (tertiary/aromatic N) is 1. The normalized spacial score (nSPS) is 9.98. The first-order valence-electron chi connectivity index (χ1n) is 32.7. The first-order chi connectivity index (χ1) is 52.7. The van der Waals surface area contributed by atoms with Gasteiger partial charge in [0.25, 0.3) is 6.47 Å². The van der Waals surface area contributed by atoms with E-state index in [4.69, 9.17) is 47.3 Å². The summed E-state index contributed by atoms with van der Waals surface area (Å²) in [6, 6.07) is 86.2. The van der Waals surface area contributed by atoms with Crippen LogP contribution in [-0.4, -0.2) is 39.9 Å². The van der Waals surface area contributed by atoms with Crippen molar-refractivity contribution in [2.45, 2.75) is 36.1 Å². The van der Waals surface area contributed by atoms with E-state index >= 15 is 4.39 Å². The quantitative estimate of drug-likeness (QED) is 0.0257. The second kappa shape index (κ2) is 51.2. The molecule has 17 rings (SSSR count). The minimum atomic E-state index is -0.325. The first kappa shape index (κ1) is 103. The minimum Gasteiger partial charge on any atom is -1.00 e. The number of hydrogen-bond acceptors (Lipinski definition) is 8. The van der Waals surface area contributed by atoms with Crippen LogP contribution in [-0.2, 0) is 9.68 Å². The zero-order valence-corrected chi connectivity index (χ0v) is 81.7. The molecular formula is C88H72B2Br7Cl2F3IK2NO7P. The van der Waals surface area contributed by atoms with Crippen molar-refractivity contribution >= 4 is 291 Å². The van der Waals surface area contributed by atoms with Gasteiger partial charge in [-0.2, -0.15) is 0 Å². The Balaban J connectivity index is 0.000000357. The summed E-state index contributed by atoms with van der Waals surface area (Å²) in [7, 11) is 5.18. The molecule has 0 aliphatic carbocycles. The number of aromatic hydroxyl groups is 1. The third-order valence-electron chi connectivity index (χ3n) is 17.1. The Labute approximate surface area is 833 Å². The van der Waals surface area contributed by atoms with E-state index in [2.05, 4.69) is 228 Å². The Bertz CT molecular complexity index is 5950. The van der Waals surface area contributed by atoms with Crippen molar-refractivity contribution in [2.24, 2.45) is 4.74 Å². The van der Waals surface area contributed by atoms with Gasteiger partial charge < -0.3 is 30.8 Å². The molecule has 8 nitrogen and oxygen atoms in total. The molecule has 0 aliphatic heterocycles. The summed E-state index contributed by atoms with van der Waals surface area (Å²) in [5.41, 5.74) is 6.53. The van der Waals surface area contributed by atoms with Crippen molar-refractivity contribution in [2.75, 3.05) is 12.4 Å². The van der Waals surface area contributed by atoms with E-state index in [9.17, 15) is 13.9 Å². The van der Waals surface area contributed by atoms with Crippen molar-refractivity contribution in [1.82, 2.24) is 0 Å². The van der Waals surface area contributed by atoms with E-state index in [0.29, 0.717) is 55.2 Å². The Kier molecular flexibility index (Phi) is 46.1. The summed E-state index contributed by atoms with van der Waals surface area (Å²) in [5.74, 6) is 0.159. The van der Waals surface area contributed by atoms with E-state index in [1.807, 2.05) is 175 Å². The molecule has 17 aromatic rings. The topological polar surface area (TPSA) is 125 Å². The van der Waals surface area contributed by atoms with Crippen molar-refractivity contribution in [3.8, 4) is 33.8 Å². The predicted octanol–water partition coefficient (Wildman–Crippen LogP) is 25.2. The van der Waals surface area contributed by atoms with Gasteiger partial charge >= 0.3 is 114 Å². The number of carbonyl (C=O) groups excluding carboxylic acids is 1. The van der Waals surface area contributed by atoms with Crippen LogP contribution in [0.5, 0.6) is 11.5 Å². The van der Waals surface area contributed by atoms with E-state index in [0.717, 1.165) is 94.2 Å². The molecular weight excluding hydrogens is 2130 g/mol. The van der Waals surface area contributed by atoms with Crippen LogP contribution in [0.15, 0.2) is 294 Å². The molecule has 1 radical (unpaired) electrons. The molecule has 1 aromatic heterocycles. The molecule has 0 amide bonds. The van der Waals surface area contributed by atoms with E-state index in [-0.39, 0.29) is 165 Å². The maximum atomic E-state index is 15.1. The number of aryl methyl sites for hydroxylation is 2. The number of furan rings is 1. The molecule has 0 bridgehead atoms. The second-order valence-corrected chi connectivity index (χ2v) is 35.6. The van der Waals surface area contributed by atoms with E-state index in [1.54, 1.807) is 37.4 Å². The summed E-state index contributed by atoms with van der Waals surface area (Å²) >= 11 is 35.0. The Hall–Kier alpha value is -3.65. The third kappa shape index (κ3) is 25.7. The number of hydrogen-bond donors (Lipinski definition) is 2. The van der Waals surface area contributed by atoms with Crippen LogP contribution in [0.2, 0.25) is 0 Å². The van der Waals surface area contributed by atoms with E-state index in [1.165, 1.54) is 26.9 Å². The van der Waals surface area contributed by atoms with E-state index < -0.39 is 0 Å². The van der Waals surface area contributed by atoms with Crippen molar-refractivity contribution in [3.05, 3.63) is 317 Å². The van der Waals surface area contributed by atoms with Gasteiger partial charge in [0, 0.05) is 84.7 Å². The smallest absolute Gasteiger partial charge is 1.00 e. The number of phenolic OH excluding ortho intramolecular Hbond substituents is 1. The van der Waals surface area contributed by atoms with Gasteiger partial charge in [0.1, 0.15) is 40.1 Å². The molecule has 2 N–H and O–H groups in total. The number of fused-ring (bicyclic) bond motifs is 13. The molecule has 575 valence electrons. The molecule has 0 aliphatic rings. The standard InChI is InChI=1S/C21H14BrF.C20H12BrFO.C20H11BrO.C11H10BO2.C10H5BrFI.CH2Cl2.CH4NP.CH2O3.3CH4.BBr3.2K.H/c1-13-15-7-3-2-6-14(15)10-11-16(13)19-12-20(22)17-8-4-5-9-18(17)21(19)23;21-18-11-17(19(22)15-8-4-3-7-14(15)18)16-10-9-12-5-1-2-6-13(12)20(16)23;21-18-11-17-16-10-9-12-5-1-2-6-13(12)19(16)22-20(17)15-8-4-3-7-14(15)18;1-8-10-5-3-2-4-9(10)6-7-11(8)14-12-13;11-8-5-9(13)10(12)7-4-2-1-3-6(7)8;2-1-3;1-2-3;2-1-4-3;;;;2-1(3)4;;;/h2-12H,1H3;1-11,23H;1-11H;2-7,13H,1H3;1-5H;1H2;3H,1H3;1,3H;3*1H4;;;;/q;;;;;;;;;;;;2*+1;-1/p-1. The van der Waals surface area contributed by atoms with Gasteiger partial charge in [-0.1, -0.05) is 310 Å². The van der Waals surface area contributed by atoms with Crippen LogP contribution in [0.25, 0.3) is 130 Å². The van der Waals surface area contributed by atoms with Crippen LogP contribution in [0, 0.1) is 34.9 Å². The Morgan fingerprint density at radius 2 is 0.772 bits per heavy atom. The van der Waals surface area contributed by atoms with Gasteiger partial charge in [0.15, 0.2) is 0 Å². The second-order valence-electron chi connectivity index (χ2n) is 23.3. The Morgan fingerprint density at radius 1 is 0.474 bits per heavy atom. The molecule has 26 heteroatoms. The molecule has 0 unspecified atom stereocenters. The molecule has 0 atom stereocenters. The predicted molar refractivity (Wildman–Crippen MR) is 508 cm³/mol. The fourth-order valence-electron chi connectivity index (χ4n) is 12.3. The van der Waals surface area contributed by atoms with Crippen LogP contribution in [0.1, 0.15) is 34.8 Å². The number of carbonyl (C=O) groups is 1. The first-order valence-corrected chi connectivity index (χ1v) is 41.2. The number of alkyl halides is 2. The fraction of sp³-hybridized carbons (Fsp3) is 0.0795. The molecule has 0 spiro atoms. The molecule has 0 fully saturated rings. The molecule has 16 aromatic carbocycles. The van der Waals surface area contributed by atoms with Crippen LogP contribution in [0.4, 0.5) is 13.2 Å². The molecule has 0 saturated heterocycles. The molecule has 1 heterocycles. The zero-order valence-electron chi connectivity index (χ0n) is 60.6. The number of phenols is 1. The summed E-state index contributed by atoms with van der Waals surface area (Å²) in [4.78, 5) is 11.2. The number of halogens is 13. The largest absolute Gasteiger partial charge is 1.00 e. The number of rotatable bonds is 5. The maximum absolute atomic E-state index is 15.1. The minimum absolute atomic E-state index is 0. The SMILES string of the molecule is BrB(Br)Br.Brc1cc2c3ccc4ccccc4c3oc2c2ccccc12.C.C.C.CN=P.Cc1c(-c2cc(Br)c3ccccc3c2F)ccc2ccccc12.Cc1c(O[B]O)ccc2ccccc12.ClCCl.Fc1c(I)cc(Br)c2ccccc12.O=CO[O-].Oc1c(-c2cc(Br)c3ccccc3c2F)ccc2ccccc12.[H-].[K+].[K+].